The lowest BCUT2D eigenvalue weighted by Gasteiger charge is -2.29. The Hall–Kier alpha value is -0.610. The van der Waals surface area contributed by atoms with Crippen molar-refractivity contribution in [2.75, 3.05) is 26.2 Å². The zero-order chi connectivity index (χ0) is 14.1. The van der Waals surface area contributed by atoms with Gasteiger partial charge in [-0.15, -0.1) is 0 Å². The van der Waals surface area contributed by atoms with Crippen LogP contribution in [-0.2, 0) is 4.79 Å². The zero-order valence-electron chi connectivity index (χ0n) is 12.6. The third-order valence-corrected chi connectivity index (χ3v) is 5.82. The molecule has 2 N–H and O–H groups in total. The second-order valence-corrected chi connectivity index (χ2v) is 7.27. The van der Waals surface area contributed by atoms with Gasteiger partial charge in [0.1, 0.15) is 0 Å². The number of hydrogen-bond acceptors (Lipinski definition) is 3. The molecule has 1 heterocycles. The SMILES string of the molecule is CC(NC(=O)CN1CCC(CO)C1)C1CC2CCC1C2. The van der Waals surface area contributed by atoms with Crippen molar-refractivity contribution in [2.45, 2.75) is 45.1 Å². The lowest BCUT2D eigenvalue weighted by Crippen LogP contribution is -2.44. The van der Waals surface area contributed by atoms with Crippen LogP contribution in [0, 0.1) is 23.7 Å². The zero-order valence-corrected chi connectivity index (χ0v) is 12.6. The van der Waals surface area contributed by atoms with E-state index in [1.165, 1.54) is 25.7 Å². The molecule has 0 aromatic heterocycles. The van der Waals surface area contributed by atoms with Gasteiger partial charge in [0, 0.05) is 19.2 Å². The Morgan fingerprint density at radius 2 is 2.20 bits per heavy atom. The first-order chi connectivity index (χ1) is 9.65. The number of likely N-dealkylation sites (tertiary alicyclic amines) is 1. The van der Waals surface area contributed by atoms with Crippen LogP contribution in [0.3, 0.4) is 0 Å². The van der Waals surface area contributed by atoms with Crippen LogP contribution in [0.2, 0.25) is 0 Å². The number of aliphatic hydroxyl groups excluding tert-OH is 1. The molecular formula is C16H28N2O2. The Morgan fingerprint density at radius 1 is 1.35 bits per heavy atom. The molecule has 3 fully saturated rings. The maximum atomic E-state index is 12.2. The Labute approximate surface area is 121 Å². The van der Waals surface area contributed by atoms with E-state index in [0.29, 0.717) is 24.4 Å². The highest BCUT2D eigenvalue weighted by Gasteiger charge is 2.42. The van der Waals surface area contributed by atoms with Gasteiger partial charge in [0.15, 0.2) is 0 Å². The number of carbonyl (C=O) groups is 1. The summed E-state index contributed by atoms with van der Waals surface area (Å²) < 4.78 is 0. The first kappa shape index (κ1) is 14.3. The Balaban J connectivity index is 1.42. The summed E-state index contributed by atoms with van der Waals surface area (Å²) in [5.74, 6) is 3.04. The minimum atomic E-state index is 0.166. The monoisotopic (exact) mass is 280 g/mol. The van der Waals surface area contributed by atoms with Gasteiger partial charge in [-0.1, -0.05) is 6.42 Å². The van der Waals surface area contributed by atoms with Gasteiger partial charge in [0.2, 0.25) is 5.91 Å². The van der Waals surface area contributed by atoms with Crippen LogP contribution in [0.1, 0.15) is 39.0 Å². The Bertz CT molecular complexity index is 360. The summed E-state index contributed by atoms with van der Waals surface area (Å²) in [6.45, 7) is 4.75. The lowest BCUT2D eigenvalue weighted by molar-refractivity contribution is -0.123. The van der Waals surface area contributed by atoms with Crippen LogP contribution < -0.4 is 5.32 Å². The van der Waals surface area contributed by atoms with Gasteiger partial charge in [-0.25, -0.2) is 0 Å². The fourth-order valence-electron chi connectivity index (χ4n) is 4.72. The number of fused-ring (bicyclic) bond motifs is 2. The van der Waals surface area contributed by atoms with Gasteiger partial charge < -0.3 is 10.4 Å². The average Bonchev–Trinajstić information content (AvgIpc) is 3.13. The molecule has 0 aromatic carbocycles. The van der Waals surface area contributed by atoms with Crippen LogP contribution >= 0.6 is 0 Å². The molecule has 4 heteroatoms. The minimum absolute atomic E-state index is 0.166. The van der Waals surface area contributed by atoms with Crippen LogP contribution in [0.15, 0.2) is 0 Å². The van der Waals surface area contributed by atoms with Crippen LogP contribution in [0.5, 0.6) is 0 Å². The summed E-state index contributed by atoms with van der Waals surface area (Å²) in [4.78, 5) is 14.3. The van der Waals surface area contributed by atoms with Gasteiger partial charge >= 0.3 is 0 Å². The number of hydrogen-bond donors (Lipinski definition) is 2. The minimum Gasteiger partial charge on any atom is -0.396 e. The normalized spacial score (nSPS) is 38.3. The van der Waals surface area contributed by atoms with Crippen LogP contribution in [-0.4, -0.2) is 48.2 Å². The summed E-state index contributed by atoms with van der Waals surface area (Å²) in [5, 5.41) is 12.4. The number of nitrogens with one attached hydrogen (secondary N) is 1. The maximum absolute atomic E-state index is 12.2. The molecule has 2 bridgehead atoms. The maximum Gasteiger partial charge on any atom is 0.234 e. The molecule has 1 saturated heterocycles. The van der Waals surface area contributed by atoms with Crippen molar-refractivity contribution >= 4 is 5.91 Å². The quantitative estimate of drug-likeness (QED) is 0.797. The molecule has 2 saturated carbocycles. The highest BCUT2D eigenvalue weighted by molar-refractivity contribution is 5.78. The molecule has 5 atom stereocenters. The van der Waals surface area contributed by atoms with Crippen LogP contribution in [0.25, 0.3) is 0 Å². The van der Waals surface area contributed by atoms with Crippen LogP contribution in [0.4, 0.5) is 0 Å². The van der Waals surface area contributed by atoms with Crippen molar-refractivity contribution in [2.24, 2.45) is 23.7 Å². The molecule has 20 heavy (non-hydrogen) atoms. The first-order valence-corrected chi connectivity index (χ1v) is 8.28. The molecule has 1 aliphatic heterocycles. The number of nitrogens with zero attached hydrogens (tertiary/aromatic N) is 1. The topological polar surface area (TPSA) is 52.6 Å². The second-order valence-electron chi connectivity index (χ2n) is 7.27. The summed E-state index contributed by atoms with van der Waals surface area (Å²) in [6, 6.07) is 0.328. The summed E-state index contributed by atoms with van der Waals surface area (Å²) in [5.41, 5.74) is 0. The van der Waals surface area contributed by atoms with Gasteiger partial charge in [0.25, 0.3) is 0 Å². The molecule has 0 aromatic rings. The van der Waals surface area contributed by atoms with E-state index in [2.05, 4.69) is 17.1 Å². The molecule has 3 aliphatic rings. The van der Waals surface area contributed by atoms with E-state index in [1.807, 2.05) is 0 Å². The number of aliphatic hydroxyl groups is 1. The van der Waals surface area contributed by atoms with Gasteiger partial charge in [-0.3, -0.25) is 9.69 Å². The molecule has 2 aliphatic carbocycles. The van der Waals surface area contributed by atoms with Crippen molar-refractivity contribution in [3.8, 4) is 0 Å². The largest absolute Gasteiger partial charge is 0.396 e. The standard InChI is InChI=1S/C16H28N2O2/c1-11(15-7-12-2-3-14(15)6-12)17-16(20)9-18-5-4-13(8-18)10-19/h11-15,19H,2-10H2,1H3,(H,17,20). The van der Waals surface area contributed by atoms with E-state index in [4.69, 9.17) is 5.11 Å². The third kappa shape index (κ3) is 3.01. The highest BCUT2D eigenvalue weighted by Crippen LogP contribution is 2.49. The predicted molar refractivity (Wildman–Crippen MR) is 78.2 cm³/mol. The fraction of sp³-hybridized carbons (Fsp3) is 0.938. The van der Waals surface area contributed by atoms with Crippen molar-refractivity contribution < 1.29 is 9.90 Å². The first-order valence-electron chi connectivity index (χ1n) is 8.28. The highest BCUT2D eigenvalue weighted by atomic mass is 16.3. The molecule has 0 radical (unpaired) electrons. The van der Waals surface area contributed by atoms with Crippen molar-refractivity contribution in [3.05, 3.63) is 0 Å². The molecule has 1 amide bonds. The molecule has 114 valence electrons. The smallest absolute Gasteiger partial charge is 0.234 e. The van der Waals surface area contributed by atoms with Gasteiger partial charge in [0.05, 0.1) is 6.54 Å². The molecule has 0 spiro atoms. The van der Waals surface area contributed by atoms with Crippen molar-refractivity contribution in [3.63, 3.8) is 0 Å². The van der Waals surface area contributed by atoms with Crippen molar-refractivity contribution in [1.82, 2.24) is 10.2 Å². The van der Waals surface area contributed by atoms with E-state index in [1.54, 1.807) is 0 Å². The number of rotatable bonds is 5. The summed E-state index contributed by atoms with van der Waals surface area (Å²) >= 11 is 0. The van der Waals surface area contributed by atoms with E-state index in [0.717, 1.165) is 31.3 Å². The summed E-state index contributed by atoms with van der Waals surface area (Å²) in [7, 11) is 0. The molecular weight excluding hydrogens is 252 g/mol. The van der Waals surface area contributed by atoms with Gasteiger partial charge in [-0.05, 0) is 62.8 Å². The van der Waals surface area contributed by atoms with E-state index in [-0.39, 0.29) is 12.5 Å². The number of amides is 1. The summed E-state index contributed by atoms with van der Waals surface area (Å²) in [6.07, 6.45) is 6.53. The fourth-order valence-corrected chi connectivity index (χ4v) is 4.72. The lowest BCUT2D eigenvalue weighted by atomic mass is 9.84. The Morgan fingerprint density at radius 3 is 2.80 bits per heavy atom. The third-order valence-electron chi connectivity index (χ3n) is 5.82. The molecule has 3 rings (SSSR count). The number of carbonyl (C=O) groups excluding carboxylic acids is 1. The Kier molecular flexibility index (Phi) is 4.32. The van der Waals surface area contributed by atoms with E-state index >= 15 is 0 Å². The van der Waals surface area contributed by atoms with Gasteiger partial charge in [-0.2, -0.15) is 0 Å². The van der Waals surface area contributed by atoms with E-state index in [9.17, 15) is 4.79 Å². The van der Waals surface area contributed by atoms with E-state index < -0.39 is 0 Å². The molecule has 4 nitrogen and oxygen atoms in total. The average molecular weight is 280 g/mol. The van der Waals surface area contributed by atoms with Crippen molar-refractivity contribution in [1.29, 1.82) is 0 Å². The predicted octanol–water partition coefficient (Wildman–Crippen LogP) is 1.24. The molecule has 5 unspecified atom stereocenters. The second kappa shape index (κ2) is 6.02.